The molecule has 9 nitrogen and oxygen atoms in total. The molecule has 34 heavy (non-hydrogen) atoms. The minimum Gasteiger partial charge on any atom is -0.479 e. The van der Waals surface area contributed by atoms with Crippen LogP contribution in [0.1, 0.15) is 45.1 Å². The number of anilines is 1. The van der Waals surface area contributed by atoms with E-state index in [1.165, 1.54) is 23.2 Å². The third kappa shape index (κ3) is 5.39. The number of hydrogen-bond donors (Lipinski definition) is 2. The topological polar surface area (TPSA) is 108 Å². The zero-order chi connectivity index (χ0) is 24.5. The van der Waals surface area contributed by atoms with E-state index in [4.69, 9.17) is 4.74 Å². The van der Waals surface area contributed by atoms with E-state index in [0.717, 1.165) is 25.6 Å². The first-order valence-electron chi connectivity index (χ1n) is 12.3. The van der Waals surface area contributed by atoms with Crippen LogP contribution in [0.5, 0.6) is 5.75 Å². The monoisotopic (exact) mass is 492 g/mol. The van der Waals surface area contributed by atoms with Crippen molar-refractivity contribution in [1.29, 1.82) is 0 Å². The molecule has 0 bridgehead atoms. The Bertz CT molecular complexity index is 1030. The molecule has 2 saturated heterocycles. The lowest BCUT2D eigenvalue weighted by atomic mass is 9.97. The van der Waals surface area contributed by atoms with Crippen molar-refractivity contribution in [2.75, 3.05) is 44.6 Å². The standard InChI is InChI=1S/C24H36N4O5S/c1-16-4-9-27(10-5-16)13-8-25-24(30)19-6-11-28(12-7-19)34(31,32)22-15-21-20(14-17(22)2)26-23(29)18(3)33-21/h14-16,18-19H,4-13H2,1-3H3,(H,25,30)(H,26,29)/t18-/m1/s1. The molecular weight excluding hydrogens is 456 g/mol. The first-order chi connectivity index (χ1) is 16.1. The molecule has 4 rings (SSSR count). The average molecular weight is 493 g/mol. The van der Waals surface area contributed by atoms with E-state index < -0.39 is 16.1 Å². The normalized spacial score (nSPS) is 23.1. The average Bonchev–Trinajstić information content (AvgIpc) is 2.81. The number of hydrogen-bond acceptors (Lipinski definition) is 6. The van der Waals surface area contributed by atoms with Gasteiger partial charge in [-0.2, -0.15) is 4.31 Å². The van der Waals surface area contributed by atoms with Crippen LogP contribution in [0.15, 0.2) is 17.0 Å². The minimum atomic E-state index is -3.74. The molecule has 188 valence electrons. The van der Waals surface area contributed by atoms with Crippen molar-refractivity contribution in [1.82, 2.24) is 14.5 Å². The Hall–Kier alpha value is -2.17. The molecule has 3 aliphatic rings. The molecule has 1 aromatic rings. The summed E-state index contributed by atoms with van der Waals surface area (Å²) in [5, 5.41) is 5.79. The SMILES string of the molecule is Cc1cc2c(cc1S(=O)(=O)N1CCC(C(=O)NCCN3CCC(C)CC3)CC1)O[C@H](C)C(=O)N2. The Labute approximate surface area is 202 Å². The molecule has 2 N–H and O–H groups in total. The Morgan fingerprint density at radius 3 is 2.47 bits per heavy atom. The van der Waals surface area contributed by atoms with Crippen LogP contribution in [0.25, 0.3) is 0 Å². The molecule has 3 aliphatic heterocycles. The summed E-state index contributed by atoms with van der Waals surface area (Å²) in [7, 11) is -3.74. The van der Waals surface area contributed by atoms with E-state index in [1.807, 2.05) is 0 Å². The molecule has 3 heterocycles. The predicted octanol–water partition coefficient (Wildman–Crippen LogP) is 1.96. The summed E-state index contributed by atoms with van der Waals surface area (Å²) < 4.78 is 33.8. The fourth-order valence-electron chi connectivity index (χ4n) is 4.89. The first-order valence-corrected chi connectivity index (χ1v) is 13.7. The first kappa shape index (κ1) is 24.9. The van der Waals surface area contributed by atoms with Crippen LogP contribution >= 0.6 is 0 Å². The maximum atomic E-state index is 13.4. The number of amides is 2. The molecule has 0 unspecified atom stereocenters. The second kappa shape index (κ2) is 10.2. The number of ether oxygens (including phenoxy) is 1. The van der Waals surface area contributed by atoms with Crippen molar-refractivity contribution in [3.8, 4) is 5.75 Å². The van der Waals surface area contributed by atoms with E-state index in [1.54, 1.807) is 19.9 Å². The molecule has 0 saturated carbocycles. The van der Waals surface area contributed by atoms with Gasteiger partial charge in [0.1, 0.15) is 5.75 Å². The van der Waals surface area contributed by atoms with Crippen molar-refractivity contribution in [3.05, 3.63) is 17.7 Å². The van der Waals surface area contributed by atoms with Gasteiger partial charge in [-0.15, -0.1) is 0 Å². The predicted molar refractivity (Wildman–Crippen MR) is 129 cm³/mol. The van der Waals surface area contributed by atoms with Gasteiger partial charge in [-0.25, -0.2) is 8.42 Å². The van der Waals surface area contributed by atoms with Gasteiger partial charge in [0.05, 0.1) is 10.6 Å². The third-order valence-electron chi connectivity index (χ3n) is 7.25. The van der Waals surface area contributed by atoms with Gasteiger partial charge < -0.3 is 20.3 Å². The number of aryl methyl sites for hydroxylation is 1. The number of likely N-dealkylation sites (tertiary alicyclic amines) is 1. The third-order valence-corrected chi connectivity index (χ3v) is 9.29. The molecule has 0 radical (unpaired) electrons. The highest BCUT2D eigenvalue weighted by atomic mass is 32.2. The van der Waals surface area contributed by atoms with E-state index in [2.05, 4.69) is 22.5 Å². The van der Waals surface area contributed by atoms with Gasteiger partial charge in [0, 0.05) is 38.2 Å². The highest BCUT2D eigenvalue weighted by Crippen LogP contribution is 2.36. The number of carbonyl (C=O) groups excluding carboxylic acids is 2. The van der Waals surface area contributed by atoms with E-state index in [9.17, 15) is 18.0 Å². The van der Waals surface area contributed by atoms with Crippen LogP contribution < -0.4 is 15.4 Å². The molecule has 0 aromatic heterocycles. The number of rotatable bonds is 6. The molecular formula is C24H36N4O5S. The summed E-state index contributed by atoms with van der Waals surface area (Å²) >= 11 is 0. The molecule has 10 heteroatoms. The maximum absolute atomic E-state index is 13.4. The zero-order valence-electron chi connectivity index (χ0n) is 20.3. The van der Waals surface area contributed by atoms with Crippen molar-refractivity contribution >= 4 is 27.5 Å². The lowest BCUT2D eigenvalue weighted by molar-refractivity contribution is -0.126. The number of nitrogens with one attached hydrogen (secondary N) is 2. The summed E-state index contributed by atoms with van der Waals surface area (Å²) in [5.74, 6) is 0.735. The lowest BCUT2D eigenvalue weighted by Crippen LogP contribution is -2.45. The summed E-state index contributed by atoms with van der Waals surface area (Å²) in [6, 6.07) is 3.13. The summed E-state index contributed by atoms with van der Waals surface area (Å²) in [6.45, 7) is 9.89. The van der Waals surface area contributed by atoms with Gasteiger partial charge in [0.15, 0.2) is 6.10 Å². The van der Waals surface area contributed by atoms with Crippen molar-refractivity contribution in [2.24, 2.45) is 11.8 Å². The fraction of sp³-hybridized carbons (Fsp3) is 0.667. The quantitative estimate of drug-likeness (QED) is 0.629. The number of piperidine rings is 2. The van der Waals surface area contributed by atoms with Gasteiger partial charge >= 0.3 is 0 Å². The van der Waals surface area contributed by atoms with E-state index >= 15 is 0 Å². The number of sulfonamides is 1. The number of benzene rings is 1. The van der Waals surface area contributed by atoms with Crippen LogP contribution in [0.2, 0.25) is 0 Å². The van der Waals surface area contributed by atoms with Crippen molar-refractivity contribution in [2.45, 2.75) is 57.5 Å². The van der Waals surface area contributed by atoms with Gasteiger partial charge in [0.25, 0.3) is 5.91 Å². The van der Waals surface area contributed by atoms with Crippen LogP contribution in [-0.4, -0.2) is 74.8 Å². The second-order valence-corrected chi connectivity index (χ2v) is 11.8. The van der Waals surface area contributed by atoms with Gasteiger partial charge in [-0.05, 0) is 70.2 Å². The molecule has 1 aromatic carbocycles. The van der Waals surface area contributed by atoms with Gasteiger partial charge in [0.2, 0.25) is 15.9 Å². The lowest BCUT2D eigenvalue weighted by Gasteiger charge is -2.32. The van der Waals surface area contributed by atoms with Crippen LogP contribution in [0, 0.1) is 18.8 Å². The highest BCUT2D eigenvalue weighted by Gasteiger charge is 2.34. The molecule has 1 atom stereocenters. The van der Waals surface area contributed by atoms with Crippen LogP contribution in [0.4, 0.5) is 5.69 Å². The summed E-state index contributed by atoms with van der Waals surface area (Å²) in [6.07, 6.45) is 2.74. The van der Waals surface area contributed by atoms with Gasteiger partial charge in [-0.3, -0.25) is 9.59 Å². The smallest absolute Gasteiger partial charge is 0.265 e. The minimum absolute atomic E-state index is 0.0190. The Kier molecular flexibility index (Phi) is 7.49. The molecule has 2 fully saturated rings. The summed E-state index contributed by atoms with van der Waals surface area (Å²) in [4.78, 5) is 27.1. The second-order valence-electron chi connectivity index (χ2n) is 9.86. The van der Waals surface area contributed by atoms with E-state index in [0.29, 0.717) is 49.5 Å². The Morgan fingerprint density at radius 2 is 1.79 bits per heavy atom. The largest absolute Gasteiger partial charge is 0.479 e. The van der Waals surface area contributed by atoms with Crippen LogP contribution in [0.3, 0.4) is 0 Å². The molecule has 2 amide bonds. The number of carbonyl (C=O) groups is 2. The van der Waals surface area contributed by atoms with Crippen LogP contribution in [-0.2, 0) is 19.6 Å². The van der Waals surface area contributed by atoms with E-state index in [-0.39, 0.29) is 22.6 Å². The zero-order valence-corrected chi connectivity index (χ0v) is 21.1. The number of fused-ring (bicyclic) bond motifs is 1. The summed E-state index contributed by atoms with van der Waals surface area (Å²) in [5.41, 5.74) is 1.03. The number of nitrogens with zero attached hydrogens (tertiary/aromatic N) is 2. The molecule has 0 spiro atoms. The Morgan fingerprint density at radius 1 is 1.12 bits per heavy atom. The van der Waals surface area contributed by atoms with Crippen molar-refractivity contribution < 1.29 is 22.7 Å². The maximum Gasteiger partial charge on any atom is 0.265 e. The Balaban J connectivity index is 1.31. The highest BCUT2D eigenvalue weighted by molar-refractivity contribution is 7.89. The fourth-order valence-corrected chi connectivity index (χ4v) is 6.58. The van der Waals surface area contributed by atoms with Crippen molar-refractivity contribution in [3.63, 3.8) is 0 Å². The molecule has 0 aliphatic carbocycles. The van der Waals surface area contributed by atoms with Gasteiger partial charge in [-0.1, -0.05) is 6.92 Å².